The van der Waals surface area contributed by atoms with Crippen molar-refractivity contribution in [3.8, 4) is 0 Å². The smallest absolute Gasteiger partial charge is 0.152 e. The molecule has 98 valence electrons. The lowest BCUT2D eigenvalue weighted by molar-refractivity contribution is 0.559. The monoisotopic (exact) mass is 337 g/mol. The van der Waals surface area contributed by atoms with Gasteiger partial charge in [-0.15, -0.1) is 10.2 Å². The maximum atomic E-state index is 5.64. The van der Waals surface area contributed by atoms with Gasteiger partial charge in [0.25, 0.3) is 0 Å². The number of hydrogen-bond acceptors (Lipinski definition) is 4. The van der Waals surface area contributed by atoms with Crippen molar-refractivity contribution in [2.24, 2.45) is 5.73 Å². The highest BCUT2D eigenvalue weighted by Crippen LogP contribution is 2.29. The summed E-state index contributed by atoms with van der Waals surface area (Å²) in [5.74, 6) is 0.983. The minimum absolute atomic E-state index is 0.408. The highest BCUT2D eigenvalue weighted by Gasteiger charge is 2.19. The second-order valence-electron chi connectivity index (χ2n) is 4.39. The van der Waals surface area contributed by atoms with Crippen molar-refractivity contribution < 1.29 is 0 Å². The molecule has 2 heterocycles. The van der Waals surface area contributed by atoms with Gasteiger partial charge < -0.3 is 15.2 Å². The number of benzene rings is 1. The van der Waals surface area contributed by atoms with E-state index in [1.807, 2.05) is 18.2 Å². The number of fused-ring (bicyclic) bond motifs is 1. The van der Waals surface area contributed by atoms with Crippen LogP contribution >= 0.6 is 28.1 Å². The summed E-state index contributed by atoms with van der Waals surface area (Å²) in [5.41, 5.74) is 7.62. The average Bonchev–Trinajstić information content (AvgIpc) is 2.85. The predicted octanol–water partition coefficient (Wildman–Crippen LogP) is 1.70. The Morgan fingerprint density at radius 3 is 2.95 bits per heavy atom. The SMILES string of the molecule is NC(=S)c1ccc(N2CCn3cnnc3C2)c(Br)c1. The molecule has 0 saturated heterocycles. The van der Waals surface area contributed by atoms with Crippen molar-refractivity contribution in [3.63, 3.8) is 0 Å². The molecule has 19 heavy (non-hydrogen) atoms. The third-order valence-electron chi connectivity index (χ3n) is 3.21. The van der Waals surface area contributed by atoms with E-state index in [1.165, 1.54) is 0 Å². The van der Waals surface area contributed by atoms with Gasteiger partial charge in [0.15, 0.2) is 5.82 Å². The largest absolute Gasteiger partial charge is 0.389 e. The summed E-state index contributed by atoms with van der Waals surface area (Å²) in [6.07, 6.45) is 1.78. The first-order valence-electron chi connectivity index (χ1n) is 5.86. The number of anilines is 1. The fourth-order valence-corrected chi connectivity index (χ4v) is 2.95. The lowest BCUT2D eigenvalue weighted by atomic mass is 10.2. The maximum absolute atomic E-state index is 5.64. The number of thiocarbonyl (C=S) groups is 1. The molecule has 0 unspecified atom stereocenters. The molecular weight excluding hydrogens is 326 g/mol. The summed E-state index contributed by atoms with van der Waals surface area (Å²) >= 11 is 8.57. The molecule has 0 atom stereocenters. The lowest BCUT2D eigenvalue weighted by Gasteiger charge is -2.30. The van der Waals surface area contributed by atoms with Crippen LogP contribution in [-0.4, -0.2) is 26.3 Å². The second-order valence-corrected chi connectivity index (χ2v) is 5.69. The van der Waals surface area contributed by atoms with Crippen LogP contribution < -0.4 is 10.6 Å². The molecule has 5 nitrogen and oxygen atoms in total. The van der Waals surface area contributed by atoms with Crippen molar-refractivity contribution >= 4 is 38.8 Å². The third kappa shape index (κ3) is 2.35. The topological polar surface area (TPSA) is 60.0 Å². The molecular formula is C12H12BrN5S. The molecule has 1 aromatic heterocycles. The van der Waals surface area contributed by atoms with Gasteiger partial charge in [-0.25, -0.2) is 0 Å². The molecule has 0 saturated carbocycles. The first-order chi connectivity index (χ1) is 9.15. The number of halogens is 1. The van der Waals surface area contributed by atoms with Gasteiger partial charge in [0.05, 0.1) is 12.2 Å². The van der Waals surface area contributed by atoms with Gasteiger partial charge in [0.2, 0.25) is 0 Å². The van der Waals surface area contributed by atoms with E-state index < -0.39 is 0 Å². The van der Waals surface area contributed by atoms with E-state index in [9.17, 15) is 0 Å². The van der Waals surface area contributed by atoms with Gasteiger partial charge in [-0.3, -0.25) is 0 Å². The van der Waals surface area contributed by atoms with Gasteiger partial charge in [-0.05, 0) is 34.1 Å². The summed E-state index contributed by atoms with van der Waals surface area (Å²) in [7, 11) is 0. The van der Waals surface area contributed by atoms with E-state index >= 15 is 0 Å². The van der Waals surface area contributed by atoms with Crippen molar-refractivity contribution in [1.82, 2.24) is 14.8 Å². The summed E-state index contributed by atoms with van der Waals surface area (Å²) < 4.78 is 3.07. The standard InChI is InChI=1S/C12H12BrN5S/c13-9-5-8(12(14)19)1-2-10(9)17-3-4-18-7-15-16-11(18)6-17/h1-2,5,7H,3-4,6H2,(H2,14,19). The quantitative estimate of drug-likeness (QED) is 0.845. The van der Waals surface area contributed by atoms with Crippen LogP contribution in [0.25, 0.3) is 0 Å². The third-order valence-corrected chi connectivity index (χ3v) is 4.08. The zero-order valence-electron chi connectivity index (χ0n) is 10.1. The van der Waals surface area contributed by atoms with E-state index in [1.54, 1.807) is 6.33 Å². The van der Waals surface area contributed by atoms with Crippen LogP contribution in [0.5, 0.6) is 0 Å². The van der Waals surface area contributed by atoms with Gasteiger partial charge in [-0.1, -0.05) is 12.2 Å². The van der Waals surface area contributed by atoms with Crippen LogP contribution in [0.15, 0.2) is 29.0 Å². The number of rotatable bonds is 2. The zero-order valence-corrected chi connectivity index (χ0v) is 12.5. The lowest BCUT2D eigenvalue weighted by Crippen LogP contribution is -2.33. The zero-order chi connectivity index (χ0) is 13.4. The molecule has 0 bridgehead atoms. The maximum Gasteiger partial charge on any atom is 0.152 e. The van der Waals surface area contributed by atoms with Crippen LogP contribution in [0.3, 0.4) is 0 Å². The van der Waals surface area contributed by atoms with Gasteiger partial charge in [0.1, 0.15) is 11.3 Å². The molecule has 1 aliphatic rings. The van der Waals surface area contributed by atoms with E-state index in [4.69, 9.17) is 18.0 Å². The van der Waals surface area contributed by atoms with Gasteiger partial charge in [-0.2, -0.15) is 0 Å². The summed E-state index contributed by atoms with van der Waals surface area (Å²) in [5, 5.41) is 8.06. The Bertz CT molecular complexity index is 639. The van der Waals surface area contributed by atoms with E-state index in [0.717, 1.165) is 41.2 Å². The molecule has 0 aliphatic carbocycles. The highest BCUT2D eigenvalue weighted by atomic mass is 79.9. The van der Waals surface area contributed by atoms with Crippen LogP contribution in [0.2, 0.25) is 0 Å². The first-order valence-corrected chi connectivity index (χ1v) is 7.06. The number of hydrogen-bond donors (Lipinski definition) is 1. The molecule has 7 heteroatoms. The molecule has 3 rings (SSSR count). The van der Waals surface area contributed by atoms with E-state index in [-0.39, 0.29) is 0 Å². The Morgan fingerprint density at radius 1 is 1.37 bits per heavy atom. The first kappa shape index (κ1) is 12.6. The van der Waals surface area contributed by atoms with E-state index in [2.05, 4.69) is 35.6 Å². The van der Waals surface area contributed by atoms with Crippen molar-refractivity contribution in [3.05, 3.63) is 40.4 Å². The Morgan fingerprint density at radius 2 is 2.21 bits per heavy atom. The second kappa shape index (κ2) is 4.90. The van der Waals surface area contributed by atoms with Crippen molar-refractivity contribution in [2.75, 3.05) is 11.4 Å². The van der Waals surface area contributed by atoms with Crippen LogP contribution in [0.1, 0.15) is 11.4 Å². The number of nitrogens with zero attached hydrogens (tertiary/aromatic N) is 4. The summed E-state index contributed by atoms with van der Waals surface area (Å²) in [6, 6.07) is 5.93. The molecule has 0 radical (unpaired) electrons. The fraction of sp³-hybridized carbons (Fsp3) is 0.250. The molecule has 2 aromatic rings. The Balaban J connectivity index is 1.90. The normalized spacial score (nSPS) is 14.3. The highest BCUT2D eigenvalue weighted by molar-refractivity contribution is 9.10. The molecule has 1 aliphatic heterocycles. The Kier molecular flexibility index (Phi) is 3.24. The number of nitrogens with two attached hydrogens (primary N) is 1. The van der Waals surface area contributed by atoms with Crippen LogP contribution in [-0.2, 0) is 13.1 Å². The van der Waals surface area contributed by atoms with Gasteiger partial charge in [0, 0.05) is 23.1 Å². The molecule has 0 spiro atoms. The fourth-order valence-electron chi connectivity index (χ4n) is 2.19. The molecule has 1 aromatic carbocycles. The summed E-state index contributed by atoms with van der Waals surface area (Å²) in [6.45, 7) is 2.58. The van der Waals surface area contributed by atoms with Crippen molar-refractivity contribution in [1.29, 1.82) is 0 Å². The van der Waals surface area contributed by atoms with Crippen molar-refractivity contribution in [2.45, 2.75) is 13.1 Å². The van der Waals surface area contributed by atoms with Crippen LogP contribution in [0.4, 0.5) is 5.69 Å². The van der Waals surface area contributed by atoms with Gasteiger partial charge >= 0.3 is 0 Å². The summed E-state index contributed by atoms with van der Waals surface area (Å²) in [4.78, 5) is 2.67. The minimum Gasteiger partial charge on any atom is -0.389 e. The minimum atomic E-state index is 0.408. The molecule has 2 N–H and O–H groups in total. The van der Waals surface area contributed by atoms with Crippen LogP contribution in [0, 0.1) is 0 Å². The molecule has 0 amide bonds. The van der Waals surface area contributed by atoms with E-state index in [0.29, 0.717) is 4.99 Å². The average molecular weight is 338 g/mol. The number of aromatic nitrogens is 3. The Labute approximate surface area is 124 Å². The Hall–Kier alpha value is -1.47. The predicted molar refractivity (Wildman–Crippen MR) is 81.1 cm³/mol. The molecule has 0 fully saturated rings.